The largest absolute Gasteiger partial charge is 0.378 e. The Balaban J connectivity index is 0.00000167. The van der Waals surface area contributed by atoms with Gasteiger partial charge in [0.15, 0.2) is 5.82 Å². The number of nitrogens with one attached hydrogen (secondary N) is 1. The third kappa shape index (κ3) is 5.70. The van der Waals surface area contributed by atoms with Gasteiger partial charge in [0.1, 0.15) is 22.6 Å². The van der Waals surface area contributed by atoms with Crippen LogP contribution in [-0.4, -0.2) is 33.3 Å². The van der Waals surface area contributed by atoms with Gasteiger partial charge in [-0.05, 0) is 46.4 Å². The standard InChI is InChI=1S/C23H18ClF2N6P.C2H6/c1-12-19(24)22(28-9-14-6-13(8-27)4-5-16(14)25)21-18(31-12)7-17(26)20(32-21)15-10-29-23(30-11-15)33(2)3;1-2/h4-7,10-11H,9H2,1-3H3,(H,28,31);1-2H3. The number of nitriles is 1. The van der Waals surface area contributed by atoms with Crippen LogP contribution in [0.5, 0.6) is 0 Å². The second-order valence-electron chi connectivity index (χ2n) is 7.51. The zero-order valence-corrected chi connectivity index (χ0v) is 21.6. The van der Waals surface area contributed by atoms with Gasteiger partial charge in [-0.3, -0.25) is 0 Å². The van der Waals surface area contributed by atoms with Crippen LogP contribution in [0.25, 0.3) is 22.3 Å². The topological polar surface area (TPSA) is 87.4 Å². The number of anilines is 1. The molecule has 0 radical (unpaired) electrons. The number of rotatable bonds is 5. The van der Waals surface area contributed by atoms with Gasteiger partial charge in [-0.2, -0.15) is 5.26 Å². The number of aryl methyl sites for hydroxylation is 1. The van der Waals surface area contributed by atoms with E-state index in [1.807, 2.05) is 33.2 Å². The van der Waals surface area contributed by atoms with Crippen molar-refractivity contribution < 1.29 is 8.78 Å². The molecule has 35 heavy (non-hydrogen) atoms. The average molecular weight is 513 g/mol. The predicted molar refractivity (Wildman–Crippen MR) is 138 cm³/mol. The quantitative estimate of drug-likeness (QED) is 0.320. The second kappa shape index (κ2) is 11.4. The molecule has 0 bridgehead atoms. The van der Waals surface area contributed by atoms with E-state index < -0.39 is 19.6 Å². The molecule has 0 fully saturated rings. The zero-order chi connectivity index (χ0) is 25.7. The maximum absolute atomic E-state index is 14.9. The summed E-state index contributed by atoms with van der Waals surface area (Å²) in [6.45, 7) is 9.79. The summed E-state index contributed by atoms with van der Waals surface area (Å²) >= 11 is 6.50. The number of pyridine rings is 2. The fourth-order valence-electron chi connectivity index (χ4n) is 3.26. The maximum Gasteiger partial charge on any atom is 0.151 e. The van der Waals surface area contributed by atoms with Crippen LogP contribution in [0.2, 0.25) is 5.02 Å². The smallest absolute Gasteiger partial charge is 0.151 e. The molecule has 4 aromatic rings. The monoisotopic (exact) mass is 512 g/mol. The van der Waals surface area contributed by atoms with Crippen LogP contribution in [0.3, 0.4) is 0 Å². The molecule has 0 aliphatic rings. The van der Waals surface area contributed by atoms with E-state index >= 15 is 0 Å². The summed E-state index contributed by atoms with van der Waals surface area (Å²) in [6, 6.07) is 7.37. The summed E-state index contributed by atoms with van der Waals surface area (Å²) in [4.78, 5) is 17.5. The van der Waals surface area contributed by atoms with Crippen LogP contribution < -0.4 is 10.9 Å². The summed E-state index contributed by atoms with van der Waals surface area (Å²) in [5.41, 5.74) is 3.31. The predicted octanol–water partition coefficient (Wildman–Crippen LogP) is 6.20. The van der Waals surface area contributed by atoms with Gasteiger partial charge < -0.3 is 5.32 Å². The molecule has 1 aromatic carbocycles. The van der Waals surface area contributed by atoms with Gasteiger partial charge in [0.25, 0.3) is 0 Å². The fraction of sp³-hybridized carbons (Fsp3) is 0.240. The van der Waals surface area contributed by atoms with Crippen LogP contribution in [-0.2, 0) is 6.54 Å². The first-order chi connectivity index (χ1) is 16.8. The number of benzene rings is 1. The van der Waals surface area contributed by atoms with Gasteiger partial charge in [0.2, 0.25) is 0 Å². The van der Waals surface area contributed by atoms with E-state index in [1.54, 1.807) is 19.3 Å². The molecule has 1 N–H and O–H groups in total. The molecular weight excluding hydrogens is 489 g/mol. The van der Waals surface area contributed by atoms with Gasteiger partial charge >= 0.3 is 0 Å². The minimum atomic E-state index is -0.568. The molecule has 0 amide bonds. The summed E-state index contributed by atoms with van der Waals surface area (Å²) < 4.78 is 29.2. The van der Waals surface area contributed by atoms with Crippen molar-refractivity contribution in [1.29, 1.82) is 5.26 Å². The first kappa shape index (κ1) is 26.3. The summed E-state index contributed by atoms with van der Waals surface area (Å²) in [5, 5.41) is 12.5. The number of hydrogen-bond acceptors (Lipinski definition) is 6. The lowest BCUT2D eigenvalue weighted by atomic mass is 10.1. The third-order valence-electron chi connectivity index (χ3n) is 4.96. The van der Waals surface area contributed by atoms with Crippen LogP contribution in [0.1, 0.15) is 30.7 Å². The van der Waals surface area contributed by atoms with E-state index in [9.17, 15) is 8.78 Å². The highest BCUT2D eigenvalue weighted by Crippen LogP contribution is 2.34. The highest BCUT2D eigenvalue weighted by molar-refractivity contribution is 7.63. The Hall–Kier alpha value is -3.27. The Bertz CT molecular complexity index is 1400. The maximum atomic E-state index is 14.9. The Morgan fingerprint density at radius 2 is 1.74 bits per heavy atom. The Labute approximate surface area is 209 Å². The van der Waals surface area contributed by atoms with Crippen molar-refractivity contribution in [2.45, 2.75) is 27.3 Å². The minimum Gasteiger partial charge on any atom is -0.378 e. The van der Waals surface area contributed by atoms with Gasteiger partial charge in [-0.15, -0.1) is 0 Å². The molecule has 3 aromatic heterocycles. The van der Waals surface area contributed by atoms with Crippen molar-refractivity contribution in [2.75, 3.05) is 18.6 Å². The van der Waals surface area contributed by atoms with E-state index in [2.05, 4.69) is 25.3 Å². The molecule has 6 nitrogen and oxygen atoms in total. The molecule has 0 spiro atoms. The van der Waals surface area contributed by atoms with E-state index in [0.29, 0.717) is 44.1 Å². The molecule has 4 rings (SSSR count). The van der Waals surface area contributed by atoms with Crippen LogP contribution in [0.4, 0.5) is 14.5 Å². The molecule has 0 aliphatic heterocycles. The van der Waals surface area contributed by atoms with E-state index in [4.69, 9.17) is 16.9 Å². The van der Waals surface area contributed by atoms with Crippen LogP contribution in [0.15, 0.2) is 36.7 Å². The van der Waals surface area contributed by atoms with Crippen molar-refractivity contribution in [3.05, 3.63) is 70.1 Å². The molecule has 0 saturated heterocycles. The number of hydrogen-bond donors (Lipinski definition) is 1. The molecule has 180 valence electrons. The number of aromatic nitrogens is 4. The highest BCUT2D eigenvalue weighted by Gasteiger charge is 2.18. The van der Waals surface area contributed by atoms with Gasteiger partial charge in [0.05, 0.1) is 33.6 Å². The van der Waals surface area contributed by atoms with Crippen molar-refractivity contribution >= 4 is 41.8 Å². The lowest BCUT2D eigenvalue weighted by molar-refractivity contribution is 0.613. The number of fused-ring (bicyclic) bond motifs is 1. The Morgan fingerprint density at radius 1 is 1.06 bits per heavy atom. The van der Waals surface area contributed by atoms with Gasteiger partial charge in [0, 0.05) is 36.1 Å². The summed E-state index contributed by atoms with van der Waals surface area (Å²) in [6.07, 6.45) is 3.09. The third-order valence-corrected chi connectivity index (χ3v) is 6.45. The van der Waals surface area contributed by atoms with Crippen molar-refractivity contribution in [2.24, 2.45) is 0 Å². The SMILES string of the molecule is CC.Cc1nc2cc(F)c(-c3cnc(P(C)C)nc3)nc2c(NCc2cc(C#N)ccc2F)c1Cl. The van der Waals surface area contributed by atoms with Crippen LogP contribution in [0, 0.1) is 29.9 Å². The van der Waals surface area contributed by atoms with E-state index in [1.165, 1.54) is 24.3 Å². The average Bonchev–Trinajstić information content (AvgIpc) is 2.86. The lowest BCUT2D eigenvalue weighted by Crippen LogP contribution is -2.10. The van der Waals surface area contributed by atoms with Crippen molar-refractivity contribution in [3.63, 3.8) is 0 Å². The molecule has 10 heteroatoms. The molecule has 0 aliphatic carbocycles. The normalized spacial score (nSPS) is 10.6. The zero-order valence-electron chi connectivity index (χ0n) is 20.0. The van der Waals surface area contributed by atoms with Gasteiger partial charge in [-0.25, -0.2) is 28.7 Å². The first-order valence-electron chi connectivity index (χ1n) is 10.9. The molecule has 0 atom stereocenters. The Kier molecular flexibility index (Phi) is 8.61. The van der Waals surface area contributed by atoms with Gasteiger partial charge in [-0.1, -0.05) is 25.4 Å². The number of halogens is 3. The first-order valence-corrected chi connectivity index (χ1v) is 13.5. The van der Waals surface area contributed by atoms with Crippen LogP contribution >= 0.6 is 19.5 Å². The minimum absolute atomic E-state index is 0.0440. The van der Waals surface area contributed by atoms with E-state index in [-0.39, 0.29) is 17.8 Å². The summed E-state index contributed by atoms with van der Waals surface area (Å²) in [7, 11) is -0.484. The highest BCUT2D eigenvalue weighted by atomic mass is 35.5. The van der Waals surface area contributed by atoms with Crippen molar-refractivity contribution in [1.82, 2.24) is 19.9 Å². The molecule has 3 heterocycles. The fourth-order valence-corrected chi connectivity index (χ4v) is 4.04. The second-order valence-corrected chi connectivity index (χ2v) is 10.1. The lowest BCUT2D eigenvalue weighted by Gasteiger charge is -2.15. The van der Waals surface area contributed by atoms with E-state index in [0.717, 1.165) is 0 Å². The Morgan fingerprint density at radius 3 is 2.37 bits per heavy atom. The van der Waals surface area contributed by atoms with Crippen molar-refractivity contribution in [3.8, 4) is 17.3 Å². The molecule has 0 unspecified atom stereocenters. The number of nitrogens with zero attached hydrogens (tertiary/aromatic N) is 5. The molecular formula is C25H24ClF2N6P. The molecule has 0 saturated carbocycles. The summed E-state index contributed by atoms with van der Waals surface area (Å²) in [5.74, 6) is -1.03.